The van der Waals surface area contributed by atoms with Crippen LogP contribution in [0, 0.1) is 0 Å². The van der Waals surface area contributed by atoms with Crippen LogP contribution in [0.3, 0.4) is 0 Å². The first kappa shape index (κ1) is 11.4. The van der Waals surface area contributed by atoms with Crippen molar-refractivity contribution in [2.45, 2.75) is 13.1 Å². The average molecular weight is 254 g/mol. The molecule has 0 aliphatic heterocycles. The Morgan fingerprint density at radius 3 is 2.89 bits per heavy atom. The number of rotatable bonds is 4. The van der Waals surface area contributed by atoms with Crippen LogP contribution in [-0.4, -0.2) is 4.98 Å². The van der Waals surface area contributed by atoms with Crippen LogP contribution in [-0.2, 0) is 13.1 Å². The summed E-state index contributed by atoms with van der Waals surface area (Å²) in [6.07, 6.45) is 1.85. The van der Waals surface area contributed by atoms with Crippen LogP contribution in [0.25, 0.3) is 10.9 Å². The summed E-state index contributed by atoms with van der Waals surface area (Å²) in [6.45, 7) is 1.76. The minimum Gasteiger partial charge on any atom is -0.309 e. The van der Waals surface area contributed by atoms with Gasteiger partial charge in [0.2, 0.25) is 0 Å². The van der Waals surface area contributed by atoms with Crippen LogP contribution in [0.15, 0.2) is 53.4 Å². The zero-order valence-corrected chi connectivity index (χ0v) is 10.8. The van der Waals surface area contributed by atoms with Gasteiger partial charge in [0.05, 0.1) is 5.52 Å². The Labute approximate surface area is 110 Å². The molecule has 0 fully saturated rings. The molecule has 0 bridgehead atoms. The molecule has 3 heteroatoms. The third-order valence-corrected chi connectivity index (χ3v) is 3.67. The van der Waals surface area contributed by atoms with E-state index in [1.54, 1.807) is 11.3 Å². The third kappa shape index (κ3) is 2.42. The lowest BCUT2D eigenvalue weighted by atomic mass is 10.1. The summed E-state index contributed by atoms with van der Waals surface area (Å²) in [6, 6.07) is 12.6. The van der Waals surface area contributed by atoms with Crippen molar-refractivity contribution in [2.75, 3.05) is 0 Å². The van der Waals surface area contributed by atoms with Crippen molar-refractivity contribution in [3.8, 4) is 0 Å². The van der Waals surface area contributed by atoms with Gasteiger partial charge >= 0.3 is 0 Å². The van der Waals surface area contributed by atoms with Gasteiger partial charge in [-0.15, -0.1) is 0 Å². The topological polar surface area (TPSA) is 24.9 Å². The number of para-hydroxylation sites is 1. The van der Waals surface area contributed by atoms with Gasteiger partial charge in [-0.05, 0) is 34.0 Å². The second-order valence-electron chi connectivity index (χ2n) is 4.23. The molecule has 0 aliphatic carbocycles. The van der Waals surface area contributed by atoms with Crippen molar-refractivity contribution in [2.24, 2.45) is 0 Å². The lowest BCUT2D eigenvalue weighted by Gasteiger charge is -2.06. The Kier molecular flexibility index (Phi) is 3.35. The first-order chi connectivity index (χ1) is 8.93. The van der Waals surface area contributed by atoms with Gasteiger partial charge in [-0.1, -0.05) is 24.3 Å². The normalized spacial score (nSPS) is 10.9. The maximum atomic E-state index is 4.46. The quantitative estimate of drug-likeness (QED) is 0.769. The number of fused-ring (bicyclic) bond motifs is 1. The molecule has 1 N–H and O–H groups in total. The first-order valence-corrected chi connectivity index (χ1v) is 6.92. The van der Waals surface area contributed by atoms with Crippen molar-refractivity contribution in [3.05, 3.63) is 64.5 Å². The molecule has 2 aromatic heterocycles. The van der Waals surface area contributed by atoms with Crippen LogP contribution < -0.4 is 5.32 Å². The van der Waals surface area contributed by atoms with Gasteiger partial charge < -0.3 is 5.32 Å². The van der Waals surface area contributed by atoms with Gasteiger partial charge in [-0.3, -0.25) is 4.98 Å². The van der Waals surface area contributed by atoms with E-state index in [-0.39, 0.29) is 0 Å². The Balaban J connectivity index is 1.74. The summed E-state index contributed by atoms with van der Waals surface area (Å²) in [5.74, 6) is 0. The fraction of sp³-hybridized carbons (Fsp3) is 0.133. The standard InChI is InChI=1S/C15H14N2S/c1-3-13-5-2-7-17-15(13)14(4-1)10-16-9-12-6-8-18-11-12/h1-8,11,16H,9-10H2. The monoisotopic (exact) mass is 254 g/mol. The number of benzene rings is 1. The van der Waals surface area contributed by atoms with Gasteiger partial charge in [0.25, 0.3) is 0 Å². The average Bonchev–Trinajstić information content (AvgIpc) is 2.92. The summed E-state index contributed by atoms with van der Waals surface area (Å²) in [5.41, 5.74) is 3.69. The zero-order chi connectivity index (χ0) is 12.2. The third-order valence-electron chi connectivity index (χ3n) is 2.94. The number of pyridine rings is 1. The molecule has 0 atom stereocenters. The van der Waals surface area contributed by atoms with E-state index in [0.29, 0.717) is 0 Å². The Hall–Kier alpha value is -1.71. The predicted molar refractivity (Wildman–Crippen MR) is 76.6 cm³/mol. The van der Waals surface area contributed by atoms with E-state index in [1.807, 2.05) is 12.3 Å². The molecule has 2 nitrogen and oxygen atoms in total. The maximum absolute atomic E-state index is 4.46. The van der Waals surface area contributed by atoms with Gasteiger partial charge in [0, 0.05) is 24.7 Å². The van der Waals surface area contributed by atoms with Crippen LogP contribution in [0.1, 0.15) is 11.1 Å². The highest BCUT2D eigenvalue weighted by Gasteiger charge is 2.01. The fourth-order valence-corrected chi connectivity index (χ4v) is 2.71. The lowest BCUT2D eigenvalue weighted by Crippen LogP contribution is -2.12. The molecule has 0 aliphatic rings. The van der Waals surface area contributed by atoms with Crippen LogP contribution in [0.4, 0.5) is 0 Å². The van der Waals surface area contributed by atoms with E-state index < -0.39 is 0 Å². The molecule has 1 aromatic carbocycles. The van der Waals surface area contributed by atoms with Crippen molar-refractivity contribution in [1.29, 1.82) is 0 Å². The van der Waals surface area contributed by atoms with E-state index in [4.69, 9.17) is 0 Å². The molecule has 3 rings (SSSR count). The highest BCUT2D eigenvalue weighted by molar-refractivity contribution is 7.07. The molecule has 2 heterocycles. The number of nitrogens with one attached hydrogen (secondary N) is 1. The molecule has 0 saturated heterocycles. The highest BCUT2D eigenvalue weighted by atomic mass is 32.1. The van der Waals surface area contributed by atoms with Gasteiger partial charge in [-0.25, -0.2) is 0 Å². The molecular weight excluding hydrogens is 240 g/mol. The molecule has 0 unspecified atom stereocenters. The van der Waals surface area contributed by atoms with Crippen molar-refractivity contribution in [1.82, 2.24) is 10.3 Å². The van der Waals surface area contributed by atoms with Gasteiger partial charge in [0.15, 0.2) is 0 Å². The van der Waals surface area contributed by atoms with Crippen molar-refractivity contribution in [3.63, 3.8) is 0 Å². The smallest absolute Gasteiger partial charge is 0.0746 e. The van der Waals surface area contributed by atoms with E-state index >= 15 is 0 Å². The first-order valence-electron chi connectivity index (χ1n) is 5.98. The van der Waals surface area contributed by atoms with Crippen LogP contribution in [0.5, 0.6) is 0 Å². The van der Waals surface area contributed by atoms with Crippen LogP contribution >= 0.6 is 11.3 Å². The van der Waals surface area contributed by atoms with Crippen molar-refractivity contribution >= 4 is 22.2 Å². The van der Waals surface area contributed by atoms with Gasteiger partial charge in [0.1, 0.15) is 0 Å². The molecule has 3 aromatic rings. The molecular formula is C15H14N2S. The number of thiophene rings is 1. The fourth-order valence-electron chi connectivity index (χ4n) is 2.04. The number of hydrogen-bond donors (Lipinski definition) is 1. The number of nitrogens with zero attached hydrogens (tertiary/aromatic N) is 1. The maximum Gasteiger partial charge on any atom is 0.0746 e. The van der Waals surface area contributed by atoms with Crippen molar-refractivity contribution < 1.29 is 0 Å². The highest BCUT2D eigenvalue weighted by Crippen LogP contribution is 2.15. The Morgan fingerprint density at radius 1 is 1.06 bits per heavy atom. The van der Waals surface area contributed by atoms with E-state index in [9.17, 15) is 0 Å². The SMILES string of the molecule is c1cnc2c(CNCc3ccsc3)cccc2c1. The second-order valence-corrected chi connectivity index (χ2v) is 5.01. The van der Waals surface area contributed by atoms with E-state index in [1.165, 1.54) is 16.5 Å². The molecule has 90 valence electrons. The predicted octanol–water partition coefficient (Wildman–Crippen LogP) is 3.59. The second kappa shape index (κ2) is 5.29. The van der Waals surface area contributed by atoms with E-state index in [2.05, 4.69) is 51.4 Å². The minimum atomic E-state index is 0.851. The molecule has 0 amide bonds. The van der Waals surface area contributed by atoms with Crippen LogP contribution in [0.2, 0.25) is 0 Å². The number of aromatic nitrogens is 1. The minimum absolute atomic E-state index is 0.851. The molecule has 0 radical (unpaired) electrons. The van der Waals surface area contributed by atoms with E-state index in [0.717, 1.165) is 18.6 Å². The summed E-state index contributed by atoms with van der Waals surface area (Å²) >= 11 is 1.74. The Morgan fingerprint density at radius 2 is 2.00 bits per heavy atom. The molecule has 18 heavy (non-hydrogen) atoms. The largest absolute Gasteiger partial charge is 0.309 e. The Bertz CT molecular complexity index is 627. The number of hydrogen-bond acceptors (Lipinski definition) is 3. The summed E-state index contributed by atoms with van der Waals surface area (Å²) < 4.78 is 0. The van der Waals surface area contributed by atoms with Gasteiger partial charge in [-0.2, -0.15) is 11.3 Å². The molecule has 0 saturated carbocycles. The summed E-state index contributed by atoms with van der Waals surface area (Å²) in [4.78, 5) is 4.46. The summed E-state index contributed by atoms with van der Waals surface area (Å²) in [7, 11) is 0. The summed E-state index contributed by atoms with van der Waals surface area (Å²) in [5, 5.41) is 8.95. The lowest BCUT2D eigenvalue weighted by molar-refractivity contribution is 0.697. The molecule has 0 spiro atoms. The zero-order valence-electron chi connectivity index (χ0n) is 9.97.